The van der Waals surface area contributed by atoms with Crippen molar-refractivity contribution >= 4 is 30.5 Å². The molecular weight excluding hydrogens is 335 g/mol. The summed E-state index contributed by atoms with van der Waals surface area (Å²) in [5.74, 6) is 0. The van der Waals surface area contributed by atoms with Crippen LogP contribution in [0.5, 0.6) is 0 Å². The molecule has 4 rings (SSSR count). The maximum atomic E-state index is 6.49. The highest BCUT2D eigenvalue weighted by Gasteiger charge is 2.21. The van der Waals surface area contributed by atoms with Gasteiger partial charge in [-0.1, -0.05) is 89.9 Å². The Balaban J connectivity index is 2.02. The van der Waals surface area contributed by atoms with Crippen LogP contribution in [0.2, 0.25) is 0 Å². The number of benzene rings is 3. The molecule has 0 aliphatic heterocycles. The molecule has 0 saturated carbocycles. The fraction of sp³-hybridized carbons (Fsp3) is 0.185. The lowest BCUT2D eigenvalue weighted by Crippen LogP contribution is -2.11. The highest BCUT2D eigenvalue weighted by Crippen LogP contribution is 2.39. The average molecular weight is 360 g/mol. The van der Waals surface area contributed by atoms with Gasteiger partial charge in [-0.25, -0.2) is 0 Å². The first-order valence-electron chi connectivity index (χ1n) is 9.99. The standard InChI is InChI=1S/C27H25B/c1-4-20-11-15-23-22(17-20)6-5-7-25(24-14-10-19(3)16-26(24)28)27(23)21-12-8-18(2)9-13-21/h4,8-17H,1,5-7H2,2-3H3. The fourth-order valence-corrected chi connectivity index (χ4v) is 4.21. The van der Waals surface area contributed by atoms with Crippen LogP contribution in [-0.4, -0.2) is 7.85 Å². The van der Waals surface area contributed by atoms with E-state index >= 15 is 0 Å². The number of rotatable bonds is 3. The van der Waals surface area contributed by atoms with Crippen molar-refractivity contribution in [3.63, 3.8) is 0 Å². The molecule has 0 fully saturated rings. The van der Waals surface area contributed by atoms with E-state index in [0.29, 0.717) is 0 Å². The number of allylic oxidation sites excluding steroid dienone is 1. The highest BCUT2D eigenvalue weighted by molar-refractivity contribution is 6.35. The summed E-state index contributed by atoms with van der Waals surface area (Å²) in [7, 11) is 6.49. The van der Waals surface area contributed by atoms with Gasteiger partial charge in [-0.15, -0.1) is 0 Å². The summed E-state index contributed by atoms with van der Waals surface area (Å²) in [4.78, 5) is 0. The summed E-state index contributed by atoms with van der Waals surface area (Å²) in [6.45, 7) is 8.17. The maximum absolute atomic E-state index is 6.49. The van der Waals surface area contributed by atoms with E-state index in [4.69, 9.17) is 7.85 Å². The monoisotopic (exact) mass is 360 g/mol. The topological polar surface area (TPSA) is 0 Å². The summed E-state index contributed by atoms with van der Waals surface area (Å²) in [5.41, 5.74) is 12.3. The summed E-state index contributed by atoms with van der Waals surface area (Å²) in [5, 5.41) is 0. The molecule has 3 aromatic rings. The van der Waals surface area contributed by atoms with Gasteiger partial charge in [0.25, 0.3) is 0 Å². The number of aryl methyl sites for hydroxylation is 3. The molecular formula is C27H25B. The SMILES string of the molecule is [B]c1cc(C)ccc1C1=C(c2ccc(C)cc2)c2ccc(C=C)cc2CCC1. The van der Waals surface area contributed by atoms with Crippen LogP contribution in [-0.2, 0) is 6.42 Å². The Morgan fingerprint density at radius 3 is 2.25 bits per heavy atom. The molecule has 1 heteroatoms. The minimum absolute atomic E-state index is 0.866. The Hall–Kier alpha value is -2.80. The fourth-order valence-electron chi connectivity index (χ4n) is 4.21. The van der Waals surface area contributed by atoms with Gasteiger partial charge in [0.15, 0.2) is 0 Å². The molecule has 3 aromatic carbocycles. The molecule has 2 radical (unpaired) electrons. The Labute approximate surface area is 170 Å². The number of hydrogen-bond donors (Lipinski definition) is 0. The predicted octanol–water partition coefficient (Wildman–Crippen LogP) is 6.04. The molecule has 0 amide bonds. The van der Waals surface area contributed by atoms with Crippen LogP contribution in [0.15, 0.2) is 67.2 Å². The largest absolute Gasteiger partial charge is 0.114 e. The summed E-state index contributed by atoms with van der Waals surface area (Å²) in [6, 6.07) is 22.0. The first kappa shape index (κ1) is 18.6. The lowest BCUT2D eigenvalue weighted by molar-refractivity contribution is 0.860. The van der Waals surface area contributed by atoms with Gasteiger partial charge in [-0.2, -0.15) is 0 Å². The van der Waals surface area contributed by atoms with Crippen LogP contribution >= 0.6 is 0 Å². The number of hydrogen-bond acceptors (Lipinski definition) is 0. The van der Waals surface area contributed by atoms with Gasteiger partial charge in [0.2, 0.25) is 0 Å². The van der Waals surface area contributed by atoms with Crippen molar-refractivity contribution in [2.45, 2.75) is 33.1 Å². The van der Waals surface area contributed by atoms with Crippen LogP contribution in [0.1, 0.15) is 51.8 Å². The zero-order chi connectivity index (χ0) is 19.7. The third-order valence-corrected chi connectivity index (χ3v) is 5.68. The molecule has 0 saturated heterocycles. The van der Waals surface area contributed by atoms with Crippen LogP contribution in [0.4, 0.5) is 0 Å². The van der Waals surface area contributed by atoms with Crippen molar-refractivity contribution in [1.82, 2.24) is 0 Å². The zero-order valence-corrected chi connectivity index (χ0v) is 16.8. The van der Waals surface area contributed by atoms with Gasteiger partial charge in [0, 0.05) is 0 Å². The second-order valence-electron chi connectivity index (χ2n) is 7.78. The van der Waals surface area contributed by atoms with Gasteiger partial charge in [0.1, 0.15) is 7.85 Å². The van der Waals surface area contributed by atoms with E-state index in [0.717, 1.165) is 24.7 Å². The first-order valence-corrected chi connectivity index (χ1v) is 9.99. The molecule has 0 spiro atoms. The van der Waals surface area contributed by atoms with Crippen LogP contribution in [0.25, 0.3) is 17.2 Å². The Kier molecular flexibility index (Phi) is 5.09. The van der Waals surface area contributed by atoms with Crippen LogP contribution in [0.3, 0.4) is 0 Å². The smallest absolute Gasteiger partial charge is 0.0985 e. The van der Waals surface area contributed by atoms with Crippen LogP contribution < -0.4 is 5.46 Å². The first-order chi connectivity index (χ1) is 13.6. The third-order valence-electron chi connectivity index (χ3n) is 5.68. The van der Waals surface area contributed by atoms with Gasteiger partial charge in [-0.05, 0) is 72.1 Å². The van der Waals surface area contributed by atoms with Crippen molar-refractivity contribution in [2.24, 2.45) is 0 Å². The minimum Gasteiger partial charge on any atom is -0.0985 e. The van der Waals surface area contributed by atoms with Gasteiger partial charge in [-0.3, -0.25) is 0 Å². The molecule has 0 heterocycles. The van der Waals surface area contributed by atoms with Gasteiger partial charge < -0.3 is 0 Å². The summed E-state index contributed by atoms with van der Waals surface area (Å²) in [6.07, 6.45) is 5.14. The summed E-state index contributed by atoms with van der Waals surface area (Å²) >= 11 is 0. The lowest BCUT2D eigenvalue weighted by atomic mass is 9.80. The molecule has 0 bridgehead atoms. The van der Waals surface area contributed by atoms with Crippen molar-refractivity contribution in [2.75, 3.05) is 0 Å². The van der Waals surface area contributed by atoms with E-state index in [-0.39, 0.29) is 0 Å². The second-order valence-corrected chi connectivity index (χ2v) is 7.78. The Morgan fingerprint density at radius 2 is 1.54 bits per heavy atom. The van der Waals surface area contributed by atoms with Crippen molar-refractivity contribution < 1.29 is 0 Å². The normalized spacial score (nSPS) is 13.8. The van der Waals surface area contributed by atoms with E-state index in [1.807, 2.05) is 6.08 Å². The number of fused-ring (bicyclic) bond motifs is 1. The van der Waals surface area contributed by atoms with Gasteiger partial charge >= 0.3 is 0 Å². The molecule has 0 N–H and O–H groups in total. The van der Waals surface area contributed by atoms with E-state index < -0.39 is 0 Å². The van der Waals surface area contributed by atoms with Gasteiger partial charge in [0.05, 0.1) is 0 Å². The second kappa shape index (κ2) is 7.68. The molecule has 0 aromatic heterocycles. The van der Waals surface area contributed by atoms with Crippen molar-refractivity contribution in [3.8, 4) is 0 Å². The molecule has 28 heavy (non-hydrogen) atoms. The zero-order valence-electron chi connectivity index (χ0n) is 16.8. The predicted molar refractivity (Wildman–Crippen MR) is 123 cm³/mol. The Bertz CT molecular complexity index is 1070. The van der Waals surface area contributed by atoms with Crippen molar-refractivity contribution in [1.29, 1.82) is 0 Å². The van der Waals surface area contributed by atoms with E-state index in [1.54, 1.807) is 0 Å². The molecule has 1 aliphatic carbocycles. The lowest BCUT2D eigenvalue weighted by Gasteiger charge is -2.19. The molecule has 1 aliphatic rings. The van der Waals surface area contributed by atoms with Crippen LogP contribution in [0, 0.1) is 13.8 Å². The summed E-state index contributed by atoms with van der Waals surface area (Å²) < 4.78 is 0. The van der Waals surface area contributed by atoms with E-state index in [1.165, 1.54) is 50.1 Å². The average Bonchev–Trinajstić information content (AvgIpc) is 2.87. The maximum Gasteiger partial charge on any atom is 0.114 e. The quantitative estimate of drug-likeness (QED) is 0.500. The molecule has 136 valence electrons. The molecule has 0 atom stereocenters. The van der Waals surface area contributed by atoms with Crippen molar-refractivity contribution in [3.05, 3.63) is 106 Å². The van der Waals surface area contributed by atoms with E-state index in [9.17, 15) is 0 Å². The van der Waals surface area contributed by atoms with E-state index in [2.05, 4.69) is 81.1 Å². The third kappa shape index (κ3) is 3.50. The molecule has 0 nitrogen and oxygen atoms in total. The highest BCUT2D eigenvalue weighted by atomic mass is 14.2. The minimum atomic E-state index is 0.866. The molecule has 0 unspecified atom stereocenters. The Morgan fingerprint density at radius 1 is 0.821 bits per heavy atom.